The molecule has 0 atom stereocenters. The fraction of sp³-hybridized carbons (Fsp3) is 0.320. The lowest BCUT2D eigenvalue weighted by Crippen LogP contribution is -2.42. The Morgan fingerprint density at radius 3 is 2.45 bits per heavy atom. The summed E-state index contributed by atoms with van der Waals surface area (Å²) in [5.74, 6) is 0.216. The number of pyridine rings is 1. The second kappa shape index (κ2) is 11.1. The highest BCUT2D eigenvalue weighted by Crippen LogP contribution is 2.22. The molecule has 15 heteroatoms. The maximum absolute atomic E-state index is 13.7. The van der Waals surface area contributed by atoms with Gasteiger partial charge in [-0.15, -0.1) is 0 Å². The van der Waals surface area contributed by atoms with Crippen LogP contribution >= 0.6 is 0 Å². The molecule has 1 aliphatic rings. The molecule has 0 bridgehead atoms. The van der Waals surface area contributed by atoms with E-state index in [2.05, 4.69) is 15.3 Å². The molecule has 1 fully saturated rings. The number of benzene rings is 1. The van der Waals surface area contributed by atoms with Crippen LogP contribution in [0.1, 0.15) is 30.4 Å². The Morgan fingerprint density at radius 2 is 1.85 bits per heavy atom. The fourth-order valence-electron chi connectivity index (χ4n) is 4.75. The molecule has 4 heterocycles. The summed E-state index contributed by atoms with van der Waals surface area (Å²) in [6.07, 6.45) is 3.90. The highest BCUT2D eigenvalue weighted by atomic mass is 32.2. The van der Waals surface area contributed by atoms with Crippen LogP contribution in [-0.4, -0.2) is 74.4 Å². The lowest BCUT2D eigenvalue weighted by atomic mass is 9.83. The highest BCUT2D eigenvalue weighted by molar-refractivity contribution is 7.88. The molecule has 1 aromatic carbocycles. The van der Waals surface area contributed by atoms with Crippen molar-refractivity contribution in [2.24, 2.45) is 0 Å². The molecule has 5 rings (SSSR count). The Morgan fingerprint density at radius 1 is 1.15 bits per heavy atom. The van der Waals surface area contributed by atoms with Crippen molar-refractivity contribution in [3.63, 3.8) is 0 Å². The van der Waals surface area contributed by atoms with Crippen molar-refractivity contribution in [2.75, 3.05) is 24.7 Å². The van der Waals surface area contributed by atoms with Crippen molar-refractivity contribution in [3.05, 3.63) is 76.5 Å². The van der Waals surface area contributed by atoms with Gasteiger partial charge in [0, 0.05) is 54.3 Å². The molecular formula is C25H27BF2N6O5S. The molecule has 0 radical (unpaired) electrons. The number of piperidine rings is 1. The zero-order valence-electron chi connectivity index (χ0n) is 21.5. The van der Waals surface area contributed by atoms with Gasteiger partial charge in [-0.05, 0) is 42.7 Å². The van der Waals surface area contributed by atoms with E-state index in [0.29, 0.717) is 37.0 Å². The summed E-state index contributed by atoms with van der Waals surface area (Å²) in [6.45, 7) is 0.687. The van der Waals surface area contributed by atoms with Crippen molar-refractivity contribution < 1.29 is 27.2 Å². The van der Waals surface area contributed by atoms with Gasteiger partial charge in [-0.25, -0.2) is 26.5 Å². The molecule has 3 aromatic heterocycles. The van der Waals surface area contributed by atoms with Gasteiger partial charge in [-0.1, -0.05) is 12.1 Å². The standard InChI is InChI=1S/C25H27BF2N6O5S/c1-40(38,39)33-10-7-19(8-11-33)30-25-29-13-17-12-21(22(27)28)24(35)34(23(17)31-25)14-16-2-4-20(5-3-16)32-9-6-18(15-32)26(36)37/h2-6,9,12-13,15,19,22,36-37H,7-8,10-11,14H2,1H3,(H,29,30,31). The average molecular weight is 572 g/mol. The second-order valence-electron chi connectivity index (χ2n) is 9.74. The Hall–Kier alpha value is -3.66. The highest BCUT2D eigenvalue weighted by Gasteiger charge is 2.26. The van der Waals surface area contributed by atoms with Gasteiger partial charge >= 0.3 is 7.12 Å². The maximum Gasteiger partial charge on any atom is 0.489 e. The molecule has 11 nitrogen and oxygen atoms in total. The van der Waals surface area contributed by atoms with Gasteiger partial charge in [0.25, 0.3) is 12.0 Å². The number of hydrogen-bond donors (Lipinski definition) is 3. The van der Waals surface area contributed by atoms with Crippen LogP contribution in [0.4, 0.5) is 14.7 Å². The summed E-state index contributed by atoms with van der Waals surface area (Å²) in [5.41, 5.74) is 0.403. The Bertz CT molecular complexity index is 1690. The monoisotopic (exact) mass is 572 g/mol. The van der Waals surface area contributed by atoms with Gasteiger partial charge in [-0.2, -0.15) is 4.98 Å². The van der Waals surface area contributed by atoms with Gasteiger partial charge in [0.15, 0.2) is 0 Å². The third-order valence-electron chi connectivity index (χ3n) is 6.94. The van der Waals surface area contributed by atoms with Gasteiger partial charge in [0.05, 0.1) is 18.4 Å². The smallest absolute Gasteiger partial charge is 0.423 e. The third-order valence-corrected chi connectivity index (χ3v) is 8.24. The minimum Gasteiger partial charge on any atom is -0.423 e. The van der Waals surface area contributed by atoms with E-state index in [1.54, 1.807) is 47.3 Å². The van der Waals surface area contributed by atoms with Crippen molar-refractivity contribution in [1.82, 2.24) is 23.4 Å². The number of halogens is 2. The molecule has 0 unspecified atom stereocenters. The molecule has 0 spiro atoms. The number of sulfonamides is 1. The molecule has 0 aliphatic carbocycles. The quantitative estimate of drug-likeness (QED) is 0.267. The molecule has 4 aromatic rings. The minimum absolute atomic E-state index is 0.0222. The lowest BCUT2D eigenvalue weighted by Gasteiger charge is -2.30. The van der Waals surface area contributed by atoms with Crippen LogP contribution in [0, 0.1) is 0 Å². The molecule has 1 saturated heterocycles. The Labute approximate surface area is 228 Å². The normalized spacial score (nSPS) is 15.2. The van der Waals surface area contributed by atoms with Crippen LogP contribution in [0.2, 0.25) is 0 Å². The van der Waals surface area contributed by atoms with E-state index < -0.39 is 34.7 Å². The number of rotatable bonds is 8. The summed E-state index contributed by atoms with van der Waals surface area (Å²) in [6, 6.07) is 9.59. The zero-order valence-corrected chi connectivity index (χ0v) is 22.3. The predicted octanol–water partition coefficient (Wildman–Crippen LogP) is 1.08. The summed E-state index contributed by atoms with van der Waals surface area (Å²) in [4.78, 5) is 21.8. The van der Waals surface area contributed by atoms with Gasteiger partial charge in [0.2, 0.25) is 16.0 Å². The van der Waals surface area contributed by atoms with E-state index in [4.69, 9.17) is 0 Å². The van der Waals surface area contributed by atoms with E-state index in [0.717, 1.165) is 11.8 Å². The van der Waals surface area contributed by atoms with Crippen LogP contribution in [-0.2, 0) is 16.6 Å². The summed E-state index contributed by atoms with van der Waals surface area (Å²) in [7, 11) is -4.86. The number of aromatic nitrogens is 4. The first-order valence-corrected chi connectivity index (χ1v) is 14.4. The fourth-order valence-corrected chi connectivity index (χ4v) is 5.62. The van der Waals surface area contributed by atoms with Crippen LogP contribution in [0.15, 0.2) is 59.8 Å². The number of hydrogen-bond acceptors (Lipinski definition) is 8. The molecule has 0 saturated carbocycles. The predicted molar refractivity (Wildman–Crippen MR) is 147 cm³/mol. The van der Waals surface area contributed by atoms with E-state index in [1.807, 2.05) is 0 Å². The van der Waals surface area contributed by atoms with Crippen molar-refractivity contribution in [2.45, 2.75) is 31.9 Å². The molecule has 3 N–H and O–H groups in total. The van der Waals surface area contributed by atoms with Gasteiger partial charge in [-0.3, -0.25) is 9.36 Å². The zero-order chi connectivity index (χ0) is 28.6. The second-order valence-corrected chi connectivity index (χ2v) is 11.7. The van der Waals surface area contributed by atoms with Gasteiger partial charge in [0.1, 0.15) is 5.65 Å². The van der Waals surface area contributed by atoms with E-state index in [-0.39, 0.29) is 29.6 Å². The molecule has 1 aliphatic heterocycles. The van der Waals surface area contributed by atoms with E-state index in [1.165, 1.54) is 21.3 Å². The average Bonchev–Trinajstić information content (AvgIpc) is 3.41. The van der Waals surface area contributed by atoms with Crippen LogP contribution in [0.25, 0.3) is 16.7 Å². The number of alkyl halides is 2. The molecule has 210 valence electrons. The maximum atomic E-state index is 13.7. The first-order valence-electron chi connectivity index (χ1n) is 12.5. The lowest BCUT2D eigenvalue weighted by molar-refractivity contribution is 0.149. The van der Waals surface area contributed by atoms with E-state index >= 15 is 0 Å². The van der Waals surface area contributed by atoms with Crippen molar-refractivity contribution in [3.8, 4) is 5.69 Å². The topological polar surface area (TPSA) is 143 Å². The number of nitrogens with one attached hydrogen (secondary N) is 1. The molecule has 0 amide bonds. The molecule has 40 heavy (non-hydrogen) atoms. The molecular weight excluding hydrogens is 545 g/mol. The SMILES string of the molecule is CS(=O)(=O)N1CCC(Nc2ncc3cc(C(F)F)c(=O)n(Cc4ccc(-n5ccc(B(O)O)c5)cc4)c3n2)CC1. The van der Waals surface area contributed by atoms with Crippen LogP contribution in [0.3, 0.4) is 0 Å². The number of nitrogens with zero attached hydrogens (tertiary/aromatic N) is 5. The first kappa shape index (κ1) is 27.9. The first-order chi connectivity index (χ1) is 19.0. The number of anilines is 1. The van der Waals surface area contributed by atoms with E-state index in [9.17, 15) is 32.0 Å². The number of fused-ring (bicyclic) bond motifs is 1. The third kappa shape index (κ3) is 5.92. The summed E-state index contributed by atoms with van der Waals surface area (Å²) >= 11 is 0. The van der Waals surface area contributed by atoms with Crippen LogP contribution in [0.5, 0.6) is 0 Å². The van der Waals surface area contributed by atoms with Crippen molar-refractivity contribution >= 4 is 39.6 Å². The largest absolute Gasteiger partial charge is 0.489 e. The Balaban J connectivity index is 1.43. The summed E-state index contributed by atoms with van der Waals surface area (Å²) < 4.78 is 55.3. The Kier molecular flexibility index (Phi) is 7.73. The van der Waals surface area contributed by atoms with Gasteiger partial charge < -0.3 is 19.9 Å². The van der Waals surface area contributed by atoms with Crippen molar-refractivity contribution in [1.29, 1.82) is 0 Å². The minimum atomic E-state index is -3.27. The summed E-state index contributed by atoms with van der Waals surface area (Å²) in [5, 5.41) is 22.1. The van der Waals surface area contributed by atoms with Crippen LogP contribution < -0.4 is 16.3 Å².